The fraction of sp³-hybridized carbons (Fsp3) is 0.0952. The van der Waals surface area contributed by atoms with Crippen LogP contribution in [0, 0.1) is 6.92 Å². The summed E-state index contributed by atoms with van der Waals surface area (Å²) in [7, 11) is 1.33. The highest BCUT2D eigenvalue weighted by Crippen LogP contribution is 2.22. The molecule has 1 heterocycles. The summed E-state index contributed by atoms with van der Waals surface area (Å²) in [5.74, 6) is -0.731. The molecule has 3 aromatic rings. The maximum atomic E-state index is 12.5. The average Bonchev–Trinajstić information content (AvgIpc) is 2.70. The Morgan fingerprint density at radius 3 is 2.50 bits per heavy atom. The Kier molecular flexibility index (Phi) is 5.91. The van der Waals surface area contributed by atoms with E-state index in [-0.39, 0.29) is 5.91 Å². The van der Waals surface area contributed by atoms with Crippen molar-refractivity contribution in [1.29, 1.82) is 0 Å². The van der Waals surface area contributed by atoms with Gasteiger partial charge in [0.2, 0.25) is 0 Å². The lowest BCUT2D eigenvalue weighted by molar-refractivity contribution is 0.0600. The predicted molar refractivity (Wildman–Crippen MR) is 109 cm³/mol. The molecule has 0 fully saturated rings. The van der Waals surface area contributed by atoms with Crippen LogP contribution in [0.5, 0.6) is 0 Å². The Morgan fingerprint density at radius 2 is 1.75 bits per heavy atom. The van der Waals surface area contributed by atoms with Crippen LogP contribution in [0.4, 0.5) is 17.1 Å². The number of benzene rings is 2. The molecule has 0 unspecified atom stereocenters. The van der Waals surface area contributed by atoms with Gasteiger partial charge in [-0.15, -0.1) is 0 Å². The Labute approximate surface area is 167 Å². The van der Waals surface area contributed by atoms with Crippen molar-refractivity contribution < 1.29 is 14.3 Å². The van der Waals surface area contributed by atoms with Crippen molar-refractivity contribution in [1.82, 2.24) is 4.98 Å². The number of nitrogens with one attached hydrogen (secondary N) is 2. The third-order valence-electron chi connectivity index (χ3n) is 4.00. The van der Waals surface area contributed by atoms with E-state index in [2.05, 4.69) is 15.6 Å². The standard InChI is InChI=1S/C21H18ClN3O3/c1-13-6-7-17(10-19(13)22)25-20(26)15-9-18(12-23-11-15)24-16-5-3-4-14(8-16)21(27)28-2/h3-12,24H,1-2H3,(H,25,26). The van der Waals surface area contributed by atoms with E-state index in [0.717, 1.165) is 5.56 Å². The molecule has 0 aliphatic rings. The summed E-state index contributed by atoms with van der Waals surface area (Å²) in [6, 6.07) is 13.8. The summed E-state index contributed by atoms with van der Waals surface area (Å²) < 4.78 is 4.72. The smallest absolute Gasteiger partial charge is 0.337 e. The zero-order valence-corrected chi connectivity index (χ0v) is 16.1. The minimum atomic E-state index is -0.424. The van der Waals surface area contributed by atoms with Crippen molar-refractivity contribution in [3.8, 4) is 0 Å². The van der Waals surface area contributed by atoms with Gasteiger partial charge in [-0.3, -0.25) is 9.78 Å². The van der Waals surface area contributed by atoms with Gasteiger partial charge in [-0.05, 0) is 48.9 Å². The molecule has 2 N–H and O–H groups in total. The van der Waals surface area contributed by atoms with E-state index in [1.165, 1.54) is 13.3 Å². The fourth-order valence-electron chi connectivity index (χ4n) is 2.51. The molecule has 0 spiro atoms. The van der Waals surface area contributed by atoms with Gasteiger partial charge in [0.25, 0.3) is 5.91 Å². The Hall–Kier alpha value is -3.38. The zero-order chi connectivity index (χ0) is 20.1. The molecule has 2 aromatic carbocycles. The van der Waals surface area contributed by atoms with Crippen LogP contribution in [-0.2, 0) is 4.74 Å². The molecular weight excluding hydrogens is 378 g/mol. The van der Waals surface area contributed by atoms with E-state index in [0.29, 0.717) is 33.2 Å². The highest BCUT2D eigenvalue weighted by Gasteiger charge is 2.10. The summed E-state index contributed by atoms with van der Waals surface area (Å²) in [6.45, 7) is 1.89. The molecule has 0 aliphatic heterocycles. The summed E-state index contributed by atoms with van der Waals surface area (Å²) in [5.41, 5.74) is 3.62. The molecule has 6 nitrogen and oxygen atoms in total. The number of hydrogen-bond acceptors (Lipinski definition) is 5. The highest BCUT2D eigenvalue weighted by molar-refractivity contribution is 6.31. The first-order valence-electron chi connectivity index (χ1n) is 8.44. The molecule has 0 atom stereocenters. The van der Waals surface area contributed by atoms with Crippen molar-refractivity contribution in [2.75, 3.05) is 17.7 Å². The molecule has 0 aliphatic carbocycles. The Bertz CT molecular complexity index is 1040. The number of anilines is 3. The molecule has 0 radical (unpaired) electrons. The number of aromatic nitrogens is 1. The first-order valence-corrected chi connectivity index (χ1v) is 8.82. The molecule has 1 amide bonds. The second-order valence-electron chi connectivity index (χ2n) is 6.08. The van der Waals surface area contributed by atoms with Gasteiger partial charge >= 0.3 is 5.97 Å². The minimum Gasteiger partial charge on any atom is -0.465 e. The van der Waals surface area contributed by atoms with E-state index in [9.17, 15) is 9.59 Å². The molecule has 0 saturated heterocycles. The number of hydrogen-bond donors (Lipinski definition) is 2. The second kappa shape index (κ2) is 8.54. The van der Waals surface area contributed by atoms with Gasteiger partial charge in [0.1, 0.15) is 0 Å². The lowest BCUT2D eigenvalue weighted by Gasteiger charge is -2.10. The number of amides is 1. The van der Waals surface area contributed by atoms with Crippen LogP contribution in [0.1, 0.15) is 26.3 Å². The largest absolute Gasteiger partial charge is 0.465 e. The Morgan fingerprint density at radius 1 is 0.964 bits per heavy atom. The number of halogens is 1. The second-order valence-corrected chi connectivity index (χ2v) is 6.48. The third-order valence-corrected chi connectivity index (χ3v) is 4.41. The lowest BCUT2D eigenvalue weighted by atomic mass is 10.2. The minimum absolute atomic E-state index is 0.306. The summed E-state index contributed by atoms with van der Waals surface area (Å²) in [4.78, 5) is 28.3. The van der Waals surface area contributed by atoms with Crippen LogP contribution >= 0.6 is 11.6 Å². The van der Waals surface area contributed by atoms with Gasteiger partial charge < -0.3 is 15.4 Å². The van der Waals surface area contributed by atoms with E-state index >= 15 is 0 Å². The quantitative estimate of drug-likeness (QED) is 0.605. The number of pyridine rings is 1. The number of esters is 1. The van der Waals surface area contributed by atoms with Crippen LogP contribution in [0.15, 0.2) is 60.9 Å². The number of carbonyl (C=O) groups is 2. The number of rotatable bonds is 5. The molecule has 1 aromatic heterocycles. The molecule has 0 bridgehead atoms. The highest BCUT2D eigenvalue weighted by atomic mass is 35.5. The van der Waals surface area contributed by atoms with E-state index < -0.39 is 5.97 Å². The van der Waals surface area contributed by atoms with Crippen molar-refractivity contribution >= 4 is 40.5 Å². The first-order chi connectivity index (χ1) is 13.5. The SMILES string of the molecule is COC(=O)c1cccc(Nc2cncc(C(=O)Nc3ccc(C)c(Cl)c3)c2)c1. The number of nitrogens with zero attached hydrogens (tertiary/aromatic N) is 1. The van der Waals surface area contributed by atoms with Gasteiger partial charge in [-0.1, -0.05) is 23.7 Å². The molecule has 3 rings (SSSR count). The van der Waals surface area contributed by atoms with Gasteiger partial charge in [-0.2, -0.15) is 0 Å². The molecule has 0 saturated carbocycles. The monoisotopic (exact) mass is 395 g/mol. The zero-order valence-electron chi connectivity index (χ0n) is 15.3. The van der Waals surface area contributed by atoms with E-state index in [1.807, 2.05) is 13.0 Å². The Balaban J connectivity index is 1.75. The summed E-state index contributed by atoms with van der Waals surface area (Å²) >= 11 is 6.10. The molecule has 7 heteroatoms. The molecular formula is C21H18ClN3O3. The number of aryl methyl sites for hydroxylation is 1. The number of carbonyl (C=O) groups excluding carboxylic acids is 2. The van der Waals surface area contributed by atoms with Crippen molar-refractivity contribution in [3.05, 3.63) is 82.6 Å². The van der Waals surface area contributed by atoms with Crippen molar-refractivity contribution in [3.63, 3.8) is 0 Å². The number of methoxy groups -OCH3 is 1. The van der Waals surface area contributed by atoms with Crippen molar-refractivity contribution in [2.45, 2.75) is 6.92 Å². The fourth-order valence-corrected chi connectivity index (χ4v) is 2.70. The van der Waals surface area contributed by atoms with Gasteiger partial charge in [0.15, 0.2) is 0 Å². The van der Waals surface area contributed by atoms with Crippen LogP contribution in [-0.4, -0.2) is 24.0 Å². The summed E-state index contributed by atoms with van der Waals surface area (Å²) in [6.07, 6.45) is 3.06. The van der Waals surface area contributed by atoms with Crippen LogP contribution in [0.3, 0.4) is 0 Å². The average molecular weight is 396 g/mol. The van der Waals surface area contributed by atoms with E-state index in [4.69, 9.17) is 16.3 Å². The normalized spacial score (nSPS) is 10.2. The van der Waals surface area contributed by atoms with Crippen LogP contribution in [0.2, 0.25) is 5.02 Å². The van der Waals surface area contributed by atoms with Gasteiger partial charge in [0, 0.05) is 22.6 Å². The van der Waals surface area contributed by atoms with E-state index in [1.54, 1.807) is 48.7 Å². The maximum Gasteiger partial charge on any atom is 0.337 e. The van der Waals surface area contributed by atoms with Gasteiger partial charge in [0.05, 0.1) is 30.1 Å². The van der Waals surface area contributed by atoms with Crippen LogP contribution in [0.25, 0.3) is 0 Å². The lowest BCUT2D eigenvalue weighted by Crippen LogP contribution is -2.12. The number of ether oxygens (including phenoxy) is 1. The van der Waals surface area contributed by atoms with Crippen molar-refractivity contribution in [2.24, 2.45) is 0 Å². The topological polar surface area (TPSA) is 80.3 Å². The maximum absolute atomic E-state index is 12.5. The third kappa shape index (κ3) is 4.66. The predicted octanol–water partition coefficient (Wildman–Crippen LogP) is 4.83. The summed E-state index contributed by atoms with van der Waals surface area (Å²) in [5, 5.41) is 6.50. The first kappa shape index (κ1) is 19.4. The molecule has 142 valence electrons. The van der Waals surface area contributed by atoms with Crippen LogP contribution < -0.4 is 10.6 Å². The molecule has 28 heavy (non-hydrogen) atoms. The van der Waals surface area contributed by atoms with Gasteiger partial charge in [-0.25, -0.2) is 4.79 Å².